The fourth-order valence-corrected chi connectivity index (χ4v) is 3.35. The average molecular weight is 347 g/mol. The molecule has 7 heteroatoms. The van der Waals surface area contributed by atoms with E-state index in [1.807, 2.05) is 4.90 Å². The van der Waals surface area contributed by atoms with Gasteiger partial charge in [-0.2, -0.15) is 0 Å². The molecule has 1 aromatic rings. The van der Waals surface area contributed by atoms with E-state index in [9.17, 15) is 19.5 Å². The van der Waals surface area contributed by atoms with Gasteiger partial charge in [0.25, 0.3) is 11.5 Å². The number of nitrogens with one attached hydrogen (secondary N) is 1. The minimum absolute atomic E-state index is 0.0375. The number of carbonyl (C=O) groups excluding carboxylic acids is 2. The van der Waals surface area contributed by atoms with Gasteiger partial charge in [0.05, 0.1) is 11.6 Å². The zero-order chi connectivity index (χ0) is 18.1. The SMILES string of the molecule is CC(C)C1CN(C(=O)c2c[nH]c(=O)cc2O)CCC(=O)N1CC1CC1. The Morgan fingerprint density at radius 3 is 2.68 bits per heavy atom. The van der Waals surface area contributed by atoms with Gasteiger partial charge in [-0.3, -0.25) is 14.4 Å². The van der Waals surface area contributed by atoms with Crippen LogP contribution in [-0.4, -0.2) is 57.4 Å². The number of pyridine rings is 1. The molecular weight excluding hydrogens is 322 g/mol. The zero-order valence-electron chi connectivity index (χ0n) is 14.7. The Morgan fingerprint density at radius 1 is 1.36 bits per heavy atom. The molecule has 1 atom stereocenters. The Labute approximate surface area is 146 Å². The first-order valence-electron chi connectivity index (χ1n) is 8.87. The van der Waals surface area contributed by atoms with E-state index in [2.05, 4.69) is 18.8 Å². The molecule has 2 fully saturated rings. The van der Waals surface area contributed by atoms with E-state index in [0.29, 0.717) is 19.0 Å². The lowest BCUT2D eigenvalue weighted by atomic mass is 10.0. The molecule has 3 rings (SSSR count). The molecule has 7 nitrogen and oxygen atoms in total. The Morgan fingerprint density at radius 2 is 2.08 bits per heavy atom. The summed E-state index contributed by atoms with van der Waals surface area (Å²) in [5.74, 6) is 0.211. The van der Waals surface area contributed by atoms with Gasteiger partial charge in [0.2, 0.25) is 5.91 Å². The Kier molecular flexibility index (Phi) is 4.83. The van der Waals surface area contributed by atoms with Gasteiger partial charge >= 0.3 is 0 Å². The van der Waals surface area contributed by atoms with Crippen molar-refractivity contribution in [1.82, 2.24) is 14.8 Å². The van der Waals surface area contributed by atoms with Crippen molar-refractivity contribution in [3.8, 4) is 5.75 Å². The number of amides is 2. The topological polar surface area (TPSA) is 93.7 Å². The van der Waals surface area contributed by atoms with Crippen LogP contribution in [0.15, 0.2) is 17.1 Å². The van der Waals surface area contributed by atoms with Crippen molar-refractivity contribution in [2.75, 3.05) is 19.6 Å². The summed E-state index contributed by atoms with van der Waals surface area (Å²) in [5, 5.41) is 9.92. The van der Waals surface area contributed by atoms with Crippen LogP contribution in [0.25, 0.3) is 0 Å². The molecule has 2 heterocycles. The van der Waals surface area contributed by atoms with Gasteiger partial charge in [0.15, 0.2) is 0 Å². The van der Waals surface area contributed by atoms with Gasteiger partial charge in [0.1, 0.15) is 5.75 Å². The maximum atomic E-state index is 12.8. The van der Waals surface area contributed by atoms with Crippen molar-refractivity contribution in [1.29, 1.82) is 0 Å². The van der Waals surface area contributed by atoms with Gasteiger partial charge < -0.3 is 19.9 Å². The van der Waals surface area contributed by atoms with Crippen molar-refractivity contribution >= 4 is 11.8 Å². The number of carbonyl (C=O) groups is 2. The first-order valence-corrected chi connectivity index (χ1v) is 8.87. The molecule has 1 saturated heterocycles. The van der Waals surface area contributed by atoms with Crippen LogP contribution in [-0.2, 0) is 4.79 Å². The highest BCUT2D eigenvalue weighted by molar-refractivity contribution is 5.97. The summed E-state index contributed by atoms with van der Waals surface area (Å²) in [5.41, 5.74) is -0.402. The van der Waals surface area contributed by atoms with Crippen LogP contribution in [0.5, 0.6) is 5.75 Å². The molecule has 1 aliphatic carbocycles. The van der Waals surface area contributed by atoms with Gasteiger partial charge in [0, 0.05) is 38.3 Å². The van der Waals surface area contributed by atoms with E-state index >= 15 is 0 Å². The van der Waals surface area contributed by atoms with E-state index in [1.54, 1.807) is 4.90 Å². The fraction of sp³-hybridized carbons (Fsp3) is 0.611. The monoisotopic (exact) mass is 347 g/mol. The van der Waals surface area contributed by atoms with Crippen molar-refractivity contribution in [3.63, 3.8) is 0 Å². The number of hydrogen-bond acceptors (Lipinski definition) is 4. The molecule has 1 aromatic heterocycles. The molecule has 0 spiro atoms. The van der Waals surface area contributed by atoms with E-state index in [1.165, 1.54) is 19.0 Å². The quantitative estimate of drug-likeness (QED) is 0.855. The third kappa shape index (κ3) is 3.86. The zero-order valence-corrected chi connectivity index (χ0v) is 14.7. The highest BCUT2D eigenvalue weighted by atomic mass is 16.3. The maximum Gasteiger partial charge on any atom is 0.259 e. The molecule has 1 aliphatic heterocycles. The van der Waals surface area contributed by atoms with E-state index in [4.69, 9.17) is 0 Å². The van der Waals surface area contributed by atoms with Crippen molar-refractivity contribution in [2.45, 2.75) is 39.2 Å². The lowest BCUT2D eigenvalue weighted by molar-refractivity contribution is -0.133. The lowest BCUT2D eigenvalue weighted by Crippen LogP contribution is -2.48. The van der Waals surface area contributed by atoms with Crippen molar-refractivity contribution in [2.24, 2.45) is 11.8 Å². The first kappa shape index (κ1) is 17.5. The minimum Gasteiger partial charge on any atom is -0.507 e. The molecule has 1 unspecified atom stereocenters. The van der Waals surface area contributed by atoms with Crippen molar-refractivity contribution in [3.05, 3.63) is 28.2 Å². The predicted octanol–water partition coefficient (Wildman–Crippen LogP) is 1.19. The summed E-state index contributed by atoms with van der Waals surface area (Å²) in [6, 6.07) is 0.958. The molecule has 0 aromatic carbocycles. The van der Waals surface area contributed by atoms with Crippen molar-refractivity contribution < 1.29 is 14.7 Å². The Bertz CT molecular complexity index is 723. The molecule has 1 saturated carbocycles. The largest absolute Gasteiger partial charge is 0.507 e. The third-order valence-corrected chi connectivity index (χ3v) is 5.07. The van der Waals surface area contributed by atoms with Gasteiger partial charge in [-0.15, -0.1) is 0 Å². The summed E-state index contributed by atoms with van der Waals surface area (Å²) in [7, 11) is 0. The van der Waals surface area contributed by atoms with Gasteiger partial charge in [-0.25, -0.2) is 0 Å². The number of aromatic amines is 1. The molecule has 2 N–H and O–H groups in total. The van der Waals surface area contributed by atoms with Crippen LogP contribution in [0.3, 0.4) is 0 Å². The van der Waals surface area contributed by atoms with E-state index in [0.717, 1.165) is 12.6 Å². The second-order valence-corrected chi connectivity index (χ2v) is 7.40. The Balaban J connectivity index is 1.83. The minimum atomic E-state index is -0.462. The summed E-state index contributed by atoms with van der Waals surface area (Å²) >= 11 is 0. The predicted molar refractivity (Wildman–Crippen MR) is 92.3 cm³/mol. The van der Waals surface area contributed by atoms with Crippen LogP contribution < -0.4 is 5.56 Å². The van der Waals surface area contributed by atoms with Crippen LogP contribution in [0, 0.1) is 11.8 Å². The molecule has 0 bridgehead atoms. The summed E-state index contributed by atoms with van der Waals surface area (Å²) in [6.45, 7) is 5.65. The summed E-state index contributed by atoms with van der Waals surface area (Å²) < 4.78 is 0. The maximum absolute atomic E-state index is 12.8. The highest BCUT2D eigenvalue weighted by Gasteiger charge is 2.37. The molecule has 0 radical (unpaired) electrons. The number of nitrogens with zero attached hydrogens (tertiary/aromatic N) is 2. The smallest absolute Gasteiger partial charge is 0.259 e. The number of hydrogen-bond donors (Lipinski definition) is 2. The van der Waals surface area contributed by atoms with Crippen LogP contribution in [0.4, 0.5) is 0 Å². The summed E-state index contributed by atoms with van der Waals surface area (Å²) in [4.78, 5) is 42.6. The molecule has 2 aliphatic rings. The third-order valence-electron chi connectivity index (χ3n) is 5.07. The standard InChI is InChI=1S/C18H25N3O4/c1-11(2)14-10-20(6-5-17(24)21(14)9-12-3-4-12)18(25)13-8-19-16(23)7-15(13)22/h7-8,11-12,14H,3-6,9-10H2,1-2H3,(H2,19,22,23). The number of aromatic nitrogens is 1. The first-order chi connectivity index (χ1) is 11.9. The number of H-pyrrole nitrogens is 1. The van der Waals surface area contributed by atoms with Gasteiger partial charge in [-0.1, -0.05) is 13.8 Å². The fourth-order valence-electron chi connectivity index (χ4n) is 3.35. The van der Waals surface area contributed by atoms with Gasteiger partial charge in [-0.05, 0) is 24.7 Å². The second kappa shape index (κ2) is 6.90. The molecular formula is C18H25N3O4. The summed E-state index contributed by atoms with van der Waals surface area (Å²) in [6.07, 6.45) is 3.86. The average Bonchev–Trinajstić information content (AvgIpc) is 3.37. The lowest BCUT2D eigenvalue weighted by Gasteiger charge is -2.34. The van der Waals surface area contributed by atoms with E-state index in [-0.39, 0.29) is 41.5 Å². The van der Waals surface area contributed by atoms with Crippen LogP contribution in [0.2, 0.25) is 0 Å². The number of rotatable bonds is 4. The van der Waals surface area contributed by atoms with Crippen LogP contribution >= 0.6 is 0 Å². The molecule has 136 valence electrons. The van der Waals surface area contributed by atoms with E-state index < -0.39 is 5.56 Å². The molecule has 25 heavy (non-hydrogen) atoms. The Hall–Kier alpha value is -2.31. The molecule has 2 amide bonds. The van der Waals surface area contributed by atoms with Crippen LogP contribution in [0.1, 0.15) is 43.5 Å². The highest BCUT2D eigenvalue weighted by Crippen LogP contribution is 2.32. The number of aromatic hydroxyl groups is 1. The second-order valence-electron chi connectivity index (χ2n) is 7.40. The normalized spacial score (nSPS) is 21.6.